The van der Waals surface area contributed by atoms with Crippen LogP contribution in [0.3, 0.4) is 0 Å². The van der Waals surface area contributed by atoms with Gasteiger partial charge in [0, 0.05) is 0 Å². The van der Waals surface area contributed by atoms with Gasteiger partial charge in [0.05, 0.1) is 5.41 Å². The smallest absolute Gasteiger partial charge is 0.460 e. The normalized spacial score (nSPS) is 14.1. The highest BCUT2D eigenvalue weighted by Gasteiger charge is 2.76. The summed E-state index contributed by atoms with van der Waals surface area (Å²) in [5, 5.41) is 0. The van der Waals surface area contributed by atoms with Gasteiger partial charge >= 0.3 is 30.1 Å². The summed E-state index contributed by atoms with van der Waals surface area (Å²) in [7, 11) is 0. The third-order valence-corrected chi connectivity index (χ3v) is 2.58. The first kappa shape index (κ1) is 23.3. The molecule has 0 bridgehead atoms. The van der Waals surface area contributed by atoms with Gasteiger partial charge < -0.3 is 14.2 Å². The Morgan fingerprint density at radius 2 is 1.16 bits per heavy atom. The van der Waals surface area contributed by atoms with Crippen LogP contribution < -0.4 is 0 Å². The number of halogens is 6. The molecule has 0 aliphatic heterocycles. The molecule has 0 atom stereocenters. The van der Waals surface area contributed by atoms with E-state index in [0.29, 0.717) is 0 Å². The summed E-state index contributed by atoms with van der Waals surface area (Å²) in [6.07, 6.45) is -14.4. The quantitative estimate of drug-likeness (QED) is 0.535. The van der Waals surface area contributed by atoms with Crippen LogP contribution in [0, 0.1) is 5.41 Å². The average Bonchev–Trinajstić information content (AvgIpc) is 2.26. The molecule has 0 aromatic rings. The fourth-order valence-electron chi connectivity index (χ4n) is 1.27. The van der Waals surface area contributed by atoms with Crippen molar-refractivity contribution in [3.63, 3.8) is 0 Å². The van der Waals surface area contributed by atoms with Gasteiger partial charge in [0.25, 0.3) is 0 Å². The van der Waals surface area contributed by atoms with E-state index < -0.39 is 47.7 Å². The Kier molecular flexibility index (Phi) is 6.44. The first-order chi connectivity index (χ1) is 10.7. The highest BCUT2D eigenvalue weighted by Crippen LogP contribution is 2.46. The van der Waals surface area contributed by atoms with Crippen LogP contribution in [0.5, 0.6) is 0 Å². The number of rotatable bonds is 3. The zero-order chi connectivity index (χ0) is 20.5. The minimum absolute atomic E-state index is 1.22. The molecule has 0 heterocycles. The van der Waals surface area contributed by atoms with E-state index in [2.05, 4.69) is 14.2 Å². The van der Waals surface area contributed by atoms with Crippen molar-refractivity contribution in [1.82, 2.24) is 0 Å². The number of carbonyl (C=O) groups excluding carboxylic acids is 2. The molecule has 0 N–H and O–H groups in total. The molecule has 0 saturated heterocycles. The Labute approximate surface area is 140 Å². The van der Waals surface area contributed by atoms with E-state index in [9.17, 15) is 35.9 Å². The van der Waals surface area contributed by atoms with Gasteiger partial charge in [-0.25, -0.2) is 4.79 Å². The molecular formula is C14H20F6O5. The monoisotopic (exact) mass is 382 g/mol. The Bertz CT molecular complexity index is 482. The van der Waals surface area contributed by atoms with Gasteiger partial charge in [-0.15, -0.1) is 0 Å². The van der Waals surface area contributed by atoms with Crippen molar-refractivity contribution < 1.29 is 50.1 Å². The second-order valence-electron chi connectivity index (χ2n) is 7.22. The van der Waals surface area contributed by atoms with E-state index in [-0.39, 0.29) is 0 Å². The minimum Gasteiger partial charge on any atom is -0.460 e. The minimum atomic E-state index is -6.11. The van der Waals surface area contributed by atoms with E-state index in [0.717, 1.165) is 0 Å². The third-order valence-electron chi connectivity index (χ3n) is 2.58. The summed E-state index contributed by atoms with van der Waals surface area (Å²) in [6.45, 7) is 5.06. The van der Waals surface area contributed by atoms with Crippen molar-refractivity contribution in [2.24, 2.45) is 5.41 Å². The van der Waals surface area contributed by atoms with E-state index in [1.54, 1.807) is 0 Å². The van der Waals surface area contributed by atoms with Gasteiger partial charge in [-0.05, 0) is 41.5 Å². The fraction of sp³-hybridized carbons (Fsp3) is 0.857. The number of ether oxygens (including phenoxy) is 3. The molecule has 0 unspecified atom stereocenters. The molecule has 0 saturated carbocycles. The van der Waals surface area contributed by atoms with Crippen LogP contribution in [0.2, 0.25) is 0 Å². The third kappa shape index (κ3) is 6.28. The summed E-state index contributed by atoms with van der Waals surface area (Å²) in [5.74, 6) is -1.34. The highest BCUT2D eigenvalue weighted by molar-refractivity contribution is 5.75. The number of hydrogen-bond acceptors (Lipinski definition) is 5. The van der Waals surface area contributed by atoms with E-state index in [1.807, 2.05) is 0 Å². The number of hydrogen-bond donors (Lipinski definition) is 0. The van der Waals surface area contributed by atoms with Gasteiger partial charge in [-0.3, -0.25) is 4.79 Å². The standard InChI is InChI=1S/C14H20F6O5/c1-10(2,3)8(21)23-7-12(13(15,16)17,14(18,19)20)25-9(22)24-11(4,5)6/h7H2,1-6H3. The number of carbonyl (C=O) groups is 2. The molecule has 148 valence electrons. The van der Waals surface area contributed by atoms with Gasteiger partial charge in [-0.1, -0.05) is 0 Å². The molecule has 0 aliphatic carbocycles. The molecular weight excluding hydrogens is 362 g/mol. The van der Waals surface area contributed by atoms with Crippen LogP contribution >= 0.6 is 0 Å². The topological polar surface area (TPSA) is 61.8 Å². The molecule has 0 fully saturated rings. The number of esters is 1. The summed E-state index contributed by atoms with van der Waals surface area (Å²) in [5.41, 5.74) is -7.82. The van der Waals surface area contributed by atoms with Crippen molar-refractivity contribution >= 4 is 12.1 Å². The van der Waals surface area contributed by atoms with Gasteiger partial charge in [0.2, 0.25) is 0 Å². The predicted molar refractivity (Wildman–Crippen MR) is 72.6 cm³/mol. The first-order valence-corrected chi connectivity index (χ1v) is 6.95. The van der Waals surface area contributed by atoms with Gasteiger partial charge in [-0.2, -0.15) is 26.3 Å². The lowest BCUT2D eigenvalue weighted by atomic mass is 9.97. The van der Waals surface area contributed by atoms with Crippen molar-refractivity contribution in [1.29, 1.82) is 0 Å². The lowest BCUT2D eigenvalue weighted by molar-refractivity contribution is -0.376. The number of alkyl halides is 6. The molecule has 0 aliphatic rings. The lowest BCUT2D eigenvalue weighted by Gasteiger charge is -2.36. The average molecular weight is 382 g/mol. The second kappa shape index (κ2) is 6.91. The Morgan fingerprint density at radius 3 is 1.44 bits per heavy atom. The lowest BCUT2D eigenvalue weighted by Crippen LogP contribution is -2.63. The molecule has 0 rings (SSSR count). The summed E-state index contributed by atoms with van der Waals surface area (Å²) < 4.78 is 91.1. The fourth-order valence-corrected chi connectivity index (χ4v) is 1.27. The van der Waals surface area contributed by atoms with Crippen molar-refractivity contribution in [3.05, 3.63) is 0 Å². The summed E-state index contributed by atoms with van der Waals surface area (Å²) >= 11 is 0. The predicted octanol–water partition coefficient (Wildman–Crippen LogP) is 4.39. The van der Waals surface area contributed by atoms with Gasteiger partial charge in [0.15, 0.2) is 0 Å². The zero-order valence-corrected chi connectivity index (χ0v) is 14.5. The van der Waals surface area contributed by atoms with Crippen LogP contribution in [0.15, 0.2) is 0 Å². The van der Waals surface area contributed by atoms with Crippen LogP contribution in [0.1, 0.15) is 41.5 Å². The first-order valence-electron chi connectivity index (χ1n) is 6.95. The molecule has 0 amide bonds. The zero-order valence-electron chi connectivity index (χ0n) is 14.5. The molecule has 0 spiro atoms. The van der Waals surface area contributed by atoms with E-state index >= 15 is 0 Å². The van der Waals surface area contributed by atoms with Crippen LogP contribution in [0.4, 0.5) is 31.1 Å². The Balaban J connectivity index is 5.79. The maximum atomic E-state index is 13.2. The molecule has 11 heteroatoms. The second-order valence-corrected chi connectivity index (χ2v) is 7.22. The Hall–Kier alpha value is -1.68. The molecule has 5 nitrogen and oxygen atoms in total. The van der Waals surface area contributed by atoms with Crippen molar-refractivity contribution in [3.8, 4) is 0 Å². The van der Waals surface area contributed by atoms with E-state index in [1.165, 1.54) is 41.5 Å². The Morgan fingerprint density at radius 1 is 0.760 bits per heavy atom. The largest absolute Gasteiger partial charge is 0.510 e. The summed E-state index contributed by atoms with van der Waals surface area (Å²) in [6, 6.07) is 0. The molecule has 25 heavy (non-hydrogen) atoms. The van der Waals surface area contributed by atoms with E-state index in [4.69, 9.17) is 0 Å². The molecule has 0 radical (unpaired) electrons. The van der Waals surface area contributed by atoms with Crippen LogP contribution in [-0.2, 0) is 19.0 Å². The van der Waals surface area contributed by atoms with Crippen LogP contribution in [0.25, 0.3) is 0 Å². The van der Waals surface area contributed by atoms with Crippen LogP contribution in [-0.4, -0.2) is 42.3 Å². The SMILES string of the molecule is CC(C)(C)OC(=O)OC(COC(=O)C(C)(C)C)(C(F)(F)F)C(F)(F)F. The summed E-state index contributed by atoms with van der Waals surface area (Å²) in [4.78, 5) is 23.0. The molecule has 0 aromatic heterocycles. The van der Waals surface area contributed by atoms with Crippen molar-refractivity contribution in [2.75, 3.05) is 6.61 Å². The maximum Gasteiger partial charge on any atom is 0.510 e. The maximum absolute atomic E-state index is 13.2. The highest BCUT2D eigenvalue weighted by atomic mass is 19.4. The molecule has 0 aromatic carbocycles. The van der Waals surface area contributed by atoms with Gasteiger partial charge in [0.1, 0.15) is 12.2 Å². The van der Waals surface area contributed by atoms with Crippen molar-refractivity contribution in [2.45, 2.75) is 65.1 Å².